The van der Waals surface area contributed by atoms with Crippen LogP contribution in [0.3, 0.4) is 0 Å². The first-order chi connectivity index (χ1) is 16.4. The van der Waals surface area contributed by atoms with Crippen molar-refractivity contribution in [2.24, 2.45) is 0 Å². The number of carboxylic acids is 1. The molecule has 0 unspecified atom stereocenters. The van der Waals surface area contributed by atoms with Gasteiger partial charge in [-0.1, -0.05) is 60.7 Å². The molecule has 1 atom stereocenters. The molecule has 8 heteroatoms. The number of amides is 1. The van der Waals surface area contributed by atoms with Crippen LogP contribution in [0, 0.1) is 0 Å². The Kier molecular flexibility index (Phi) is 7.06. The fraction of sp³-hybridized carbons (Fsp3) is 0.231. The summed E-state index contributed by atoms with van der Waals surface area (Å²) < 4.78 is 34.2. The third-order valence-corrected chi connectivity index (χ3v) is 5.80. The average molecular weight is 467 g/mol. The summed E-state index contributed by atoms with van der Waals surface area (Å²) in [5, 5.41) is 11.9. The highest BCUT2D eigenvalue weighted by Crippen LogP contribution is 2.44. The van der Waals surface area contributed by atoms with E-state index in [2.05, 4.69) is 10.1 Å². The van der Waals surface area contributed by atoms with E-state index in [9.17, 15) is 23.5 Å². The van der Waals surface area contributed by atoms with E-state index in [1.165, 1.54) is 12.1 Å². The number of carbonyl (C=O) groups is 2. The van der Waals surface area contributed by atoms with Crippen molar-refractivity contribution in [3.05, 3.63) is 89.5 Å². The van der Waals surface area contributed by atoms with E-state index >= 15 is 0 Å². The number of halogens is 2. The van der Waals surface area contributed by atoms with Crippen molar-refractivity contribution in [2.45, 2.75) is 31.4 Å². The summed E-state index contributed by atoms with van der Waals surface area (Å²) in [4.78, 5) is 24.1. The Bertz CT molecular complexity index is 1120. The summed E-state index contributed by atoms with van der Waals surface area (Å²) in [7, 11) is 0. The van der Waals surface area contributed by atoms with E-state index < -0.39 is 24.7 Å². The maximum absolute atomic E-state index is 12.4. The van der Waals surface area contributed by atoms with Gasteiger partial charge < -0.3 is 19.9 Å². The molecule has 1 aliphatic carbocycles. The lowest BCUT2D eigenvalue weighted by atomic mass is 9.98. The average Bonchev–Trinajstić information content (AvgIpc) is 3.14. The molecule has 34 heavy (non-hydrogen) atoms. The van der Waals surface area contributed by atoms with Gasteiger partial charge in [0.05, 0.1) is 0 Å². The molecule has 0 saturated carbocycles. The molecule has 0 fully saturated rings. The van der Waals surface area contributed by atoms with Crippen LogP contribution in [0.1, 0.15) is 29.0 Å². The molecule has 0 spiro atoms. The molecule has 0 bridgehead atoms. The van der Waals surface area contributed by atoms with Crippen LogP contribution in [0.5, 0.6) is 5.75 Å². The third-order valence-electron chi connectivity index (χ3n) is 5.80. The molecule has 4 rings (SSSR count). The highest BCUT2D eigenvalue weighted by molar-refractivity contribution is 5.81. The molecule has 0 radical (unpaired) electrons. The summed E-state index contributed by atoms with van der Waals surface area (Å²) in [6.45, 7) is -2.83. The number of aryl methyl sites for hydroxylation is 1. The minimum atomic E-state index is -2.91. The number of aliphatic carboxylic acids is 1. The maximum Gasteiger partial charge on any atom is 0.407 e. The van der Waals surface area contributed by atoms with Gasteiger partial charge in [0.25, 0.3) is 0 Å². The zero-order valence-corrected chi connectivity index (χ0v) is 18.1. The van der Waals surface area contributed by atoms with Gasteiger partial charge in [-0.25, -0.2) is 9.59 Å². The van der Waals surface area contributed by atoms with Gasteiger partial charge in [0.2, 0.25) is 0 Å². The Morgan fingerprint density at radius 3 is 2.06 bits per heavy atom. The van der Waals surface area contributed by atoms with Crippen LogP contribution in [-0.2, 0) is 16.0 Å². The molecule has 1 amide bonds. The summed E-state index contributed by atoms with van der Waals surface area (Å²) >= 11 is 0. The van der Waals surface area contributed by atoms with Crippen molar-refractivity contribution < 1.29 is 33.0 Å². The lowest BCUT2D eigenvalue weighted by Crippen LogP contribution is -2.41. The lowest BCUT2D eigenvalue weighted by Gasteiger charge is -2.17. The number of carbonyl (C=O) groups excluding carboxylic acids is 1. The van der Waals surface area contributed by atoms with Crippen LogP contribution in [0.2, 0.25) is 0 Å². The Morgan fingerprint density at radius 2 is 1.50 bits per heavy atom. The largest absolute Gasteiger partial charge is 0.480 e. The van der Waals surface area contributed by atoms with E-state index in [1.54, 1.807) is 12.1 Å². The number of hydrogen-bond acceptors (Lipinski definition) is 4. The topological polar surface area (TPSA) is 84.9 Å². The quantitative estimate of drug-likeness (QED) is 0.451. The second kappa shape index (κ2) is 10.3. The van der Waals surface area contributed by atoms with Gasteiger partial charge >= 0.3 is 18.7 Å². The number of alkyl halides is 2. The number of ether oxygens (including phenoxy) is 2. The van der Waals surface area contributed by atoms with Crippen molar-refractivity contribution >= 4 is 12.1 Å². The van der Waals surface area contributed by atoms with Crippen LogP contribution in [0.25, 0.3) is 11.1 Å². The highest BCUT2D eigenvalue weighted by atomic mass is 19.3. The van der Waals surface area contributed by atoms with Gasteiger partial charge in [-0.3, -0.25) is 0 Å². The van der Waals surface area contributed by atoms with Gasteiger partial charge in [-0.05, 0) is 52.8 Å². The van der Waals surface area contributed by atoms with Crippen molar-refractivity contribution in [1.82, 2.24) is 5.32 Å². The summed E-state index contributed by atoms with van der Waals surface area (Å²) in [5.74, 6) is -1.30. The number of benzene rings is 3. The minimum absolute atomic E-state index is 0.0188. The molecular formula is C26H23F2NO5. The number of hydrogen-bond donors (Lipinski definition) is 2. The van der Waals surface area contributed by atoms with Crippen molar-refractivity contribution in [1.29, 1.82) is 0 Å². The predicted octanol–water partition coefficient (Wildman–Crippen LogP) is 5.21. The van der Waals surface area contributed by atoms with E-state index in [1.807, 2.05) is 48.5 Å². The van der Waals surface area contributed by atoms with Crippen LogP contribution in [0.15, 0.2) is 72.8 Å². The van der Waals surface area contributed by atoms with Gasteiger partial charge in [0.1, 0.15) is 18.4 Å². The Balaban J connectivity index is 1.34. The zero-order valence-electron chi connectivity index (χ0n) is 18.1. The summed E-state index contributed by atoms with van der Waals surface area (Å²) in [5.41, 5.74) is 5.04. The Morgan fingerprint density at radius 1 is 0.912 bits per heavy atom. The second-order valence-corrected chi connectivity index (χ2v) is 7.92. The fourth-order valence-corrected chi connectivity index (χ4v) is 4.19. The zero-order chi connectivity index (χ0) is 24.1. The Labute approximate surface area is 195 Å². The first kappa shape index (κ1) is 23.2. The summed E-state index contributed by atoms with van der Waals surface area (Å²) in [6, 6.07) is 20.6. The molecule has 0 saturated heterocycles. The number of nitrogens with one attached hydrogen (secondary N) is 1. The highest BCUT2D eigenvalue weighted by Gasteiger charge is 2.29. The monoisotopic (exact) mass is 467 g/mol. The molecular weight excluding hydrogens is 444 g/mol. The number of alkyl carbamates (subject to hydrolysis) is 1. The summed E-state index contributed by atoms with van der Waals surface area (Å²) in [6.07, 6.45) is -0.389. The Hall–Kier alpha value is -3.94. The minimum Gasteiger partial charge on any atom is -0.480 e. The lowest BCUT2D eigenvalue weighted by molar-refractivity contribution is -0.139. The van der Waals surface area contributed by atoms with Crippen molar-refractivity contribution in [2.75, 3.05) is 6.61 Å². The smallest absolute Gasteiger partial charge is 0.407 e. The van der Waals surface area contributed by atoms with E-state index in [0.29, 0.717) is 6.42 Å². The fourth-order valence-electron chi connectivity index (χ4n) is 4.19. The number of carboxylic acid groups (broad SMARTS) is 1. The molecule has 2 N–H and O–H groups in total. The predicted molar refractivity (Wildman–Crippen MR) is 121 cm³/mol. The van der Waals surface area contributed by atoms with E-state index in [-0.39, 0.29) is 24.7 Å². The van der Waals surface area contributed by atoms with Gasteiger partial charge in [0.15, 0.2) is 0 Å². The molecule has 0 aromatic heterocycles. The SMILES string of the molecule is O=C(N[C@H](CCc1ccc(OC(F)F)cc1)C(=O)O)OCC1c2ccccc2-c2ccccc21. The van der Waals surface area contributed by atoms with Crippen LogP contribution in [-0.4, -0.2) is 36.4 Å². The molecule has 0 aliphatic heterocycles. The molecule has 3 aromatic rings. The first-order valence-corrected chi connectivity index (χ1v) is 10.8. The third kappa shape index (κ3) is 5.33. The number of rotatable bonds is 9. The standard InChI is InChI=1S/C26H23F2NO5/c27-25(28)34-17-12-9-16(10-13-17)11-14-23(24(30)31)29-26(32)33-15-22-20-7-3-1-5-18(20)19-6-2-4-8-21(19)22/h1-10,12-13,22-23,25H,11,14-15H2,(H,29,32)(H,30,31)/t23-/m1/s1. The van der Waals surface area contributed by atoms with Gasteiger partial charge in [-0.2, -0.15) is 8.78 Å². The van der Waals surface area contributed by atoms with Crippen LogP contribution < -0.4 is 10.1 Å². The van der Waals surface area contributed by atoms with Crippen LogP contribution in [0.4, 0.5) is 13.6 Å². The van der Waals surface area contributed by atoms with Gasteiger partial charge in [0, 0.05) is 5.92 Å². The molecule has 3 aromatic carbocycles. The van der Waals surface area contributed by atoms with E-state index in [0.717, 1.165) is 27.8 Å². The van der Waals surface area contributed by atoms with Crippen molar-refractivity contribution in [3.8, 4) is 16.9 Å². The number of fused-ring (bicyclic) bond motifs is 3. The van der Waals surface area contributed by atoms with Crippen molar-refractivity contribution in [3.63, 3.8) is 0 Å². The maximum atomic E-state index is 12.4. The molecule has 0 heterocycles. The first-order valence-electron chi connectivity index (χ1n) is 10.8. The molecule has 176 valence electrons. The second-order valence-electron chi connectivity index (χ2n) is 7.92. The van der Waals surface area contributed by atoms with Crippen LogP contribution >= 0.6 is 0 Å². The van der Waals surface area contributed by atoms with Gasteiger partial charge in [-0.15, -0.1) is 0 Å². The van der Waals surface area contributed by atoms with E-state index in [4.69, 9.17) is 4.74 Å². The molecule has 6 nitrogen and oxygen atoms in total. The molecule has 1 aliphatic rings. The normalized spacial score (nSPS) is 13.1.